The van der Waals surface area contributed by atoms with Crippen molar-refractivity contribution in [1.29, 1.82) is 0 Å². The smallest absolute Gasteiger partial charge is 0.340 e. The lowest BCUT2D eigenvalue weighted by atomic mass is 10.1. The first kappa shape index (κ1) is 17.3. The first-order valence-electron chi connectivity index (χ1n) is 7.31. The molecule has 6 heteroatoms. The molecule has 0 bridgehead atoms. The summed E-state index contributed by atoms with van der Waals surface area (Å²) in [5.41, 5.74) is 2.35. The molecule has 0 saturated carbocycles. The summed E-state index contributed by atoms with van der Waals surface area (Å²) in [6, 6.07) is 3.48. The molecule has 2 rings (SSSR count). The molecule has 0 amide bonds. The van der Waals surface area contributed by atoms with Gasteiger partial charge in [-0.3, -0.25) is 0 Å². The topological polar surface area (TPSA) is 51.5 Å². The Bertz CT molecular complexity index is 694. The molecule has 1 aromatic heterocycles. The van der Waals surface area contributed by atoms with Crippen molar-refractivity contribution >= 4 is 48.7 Å². The monoisotopic (exact) mass is 431 g/mol. The molecule has 1 aromatic carbocycles. The molecule has 0 saturated heterocycles. The first-order valence-corrected chi connectivity index (χ1v) is 9.23. The number of alkyl halides is 1. The van der Waals surface area contributed by atoms with Crippen molar-refractivity contribution in [2.24, 2.45) is 0 Å². The Balaban J connectivity index is 2.74. The van der Waals surface area contributed by atoms with Gasteiger partial charge in [0, 0.05) is 23.0 Å². The Morgan fingerprint density at radius 1 is 1.36 bits per heavy atom. The number of aromatic nitrogens is 1. The average molecular weight is 433 g/mol. The van der Waals surface area contributed by atoms with Crippen molar-refractivity contribution in [2.75, 3.05) is 6.61 Å². The van der Waals surface area contributed by atoms with E-state index in [2.05, 4.69) is 43.4 Å². The number of unbranched alkanes of at least 4 members (excludes halogenated alkanes) is 1. The minimum absolute atomic E-state index is 0.117. The zero-order chi connectivity index (χ0) is 16.3. The van der Waals surface area contributed by atoms with Crippen LogP contribution in [-0.2, 0) is 16.6 Å². The number of hydrogen-bond donors (Lipinski definition) is 1. The Hall–Kier alpha value is -1.01. The molecule has 0 aliphatic carbocycles. The van der Waals surface area contributed by atoms with Gasteiger partial charge in [-0.2, -0.15) is 0 Å². The molecule has 22 heavy (non-hydrogen) atoms. The predicted octanol–water partition coefficient (Wildman–Crippen LogP) is 4.98. The van der Waals surface area contributed by atoms with E-state index in [1.165, 1.54) is 0 Å². The second-order valence-electron chi connectivity index (χ2n) is 5.00. The van der Waals surface area contributed by atoms with Gasteiger partial charge in [0.25, 0.3) is 0 Å². The fourth-order valence-electron chi connectivity index (χ4n) is 2.55. The molecule has 0 fully saturated rings. The number of carbonyl (C=O) groups excluding carboxylic acids is 1. The second kappa shape index (κ2) is 7.51. The van der Waals surface area contributed by atoms with Crippen LogP contribution in [0, 0.1) is 0 Å². The summed E-state index contributed by atoms with van der Waals surface area (Å²) < 4.78 is 7.95. The minimum atomic E-state index is -0.348. The van der Waals surface area contributed by atoms with Crippen LogP contribution < -0.4 is 0 Å². The van der Waals surface area contributed by atoms with E-state index >= 15 is 0 Å². The third kappa shape index (κ3) is 3.18. The van der Waals surface area contributed by atoms with E-state index in [0.717, 1.165) is 36.0 Å². The van der Waals surface area contributed by atoms with Crippen LogP contribution in [0.4, 0.5) is 0 Å². The van der Waals surface area contributed by atoms with Gasteiger partial charge < -0.3 is 14.4 Å². The highest BCUT2D eigenvalue weighted by Gasteiger charge is 2.23. The fourth-order valence-corrected chi connectivity index (χ4v) is 3.47. The van der Waals surface area contributed by atoms with Crippen LogP contribution in [0.1, 0.15) is 42.7 Å². The normalized spacial score (nSPS) is 11.1. The van der Waals surface area contributed by atoms with Gasteiger partial charge in [-0.05, 0) is 41.4 Å². The quantitative estimate of drug-likeness (QED) is 0.517. The van der Waals surface area contributed by atoms with Gasteiger partial charge >= 0.3 is 5.97 Å². The number of phenols is 1. The molecule has 0 aliphatic heterocycles. The van der Waals surface area contributed by atoms with Crippen LogP contribution in [-0.4, -0.2) is 22.2 Å². The van der Waals surface area contributed by atoms with Gasteiger partial charge in [0.05, 0.1) is 22.2 Å². The van der Waals surface area contributed by atoms with E-state index in [0.29, 0.717) is 22.0 Å². The number of ether oxygens (including phenoxy) is 1. The lowest BCUT2D eigenvalue weighted by Crippen LogP contribution is -2.09. The number of aryl methyl sites for hydroxylation is 1. The summed E-state index contributed by atoms with van der Waals surface area (Å²) in [7, 11) is 0. The molecule has 0 spiro atoms. The van der Waals surface area contributed by atoms with Crippen LogP contribution in [0.3, 0.4) is 0 Å². The third-order valence-corrected chi connectivity index (χ3v) is 4.75. The Morgan fingerprint density at radius 3 is 2.68 bits per heavy atom. The maximum Gasteiger partial charge on any atom is 0.340 e. The summed E-state index contributed by atoms with van der Waals surface area (Å²) in [5.74, 6) is -0.231. The molecule has 0 radical (unpaired) electrons. The molecular formula is C16H19Br2NO3. The highest BCUT2D eigenvalue weighted by atomic mass is 79.9. The van der Waals surface area contributed by atoms with Gasteiger partial charge in [0.2, 0.25) is 0 Å². The van der Waals surface area contributed by atoms with E-state index in [1.54, 1.807) is 13.0 Å². The average Bonchev–Trinajstić information content (AvgIpc) is 2.78. The number of nitrogens with zero attached hydrogens (tertiary/aromatic N) is 1. The molecular weight excluding hydrogens is 414 g/mol. The van der Waals surface area contributed by atoms with E-state index in [-0.39, 0.29) is 11.7 Å². The van der Waals surface area contributed by atoms with Crippen molar-refractivity contribution < 1.29 is 14.6 Å². The van der Waals surface area contributed by atoms with Gasteiger partial charge in [-0.15, -0.1) is 0 Å². The number of esters is 1. The van der Waals surface area contributed by atoms with E-state index < -0.39 is 0 Å². The molecule has 2 aromatic rings. The van der Waals surface area contributed by atoms with Crippen molar-refractivity contribution in [3.63, 3.8) is 0 Å². The number of phenolic OH excluding ortho intramolecular Hbond substituents is 1. The molecule has 120 valence electrons. The Kier molecular flexibility index (Phi) is 5.92. The van der Waals surface area contributed by atoms with E-state index in [1.807, 2.05) is 6.07 Å². The molecule has 0 unspecified atom stereocenters. The lowest BCUT2D eigenvalue weighted by Gasteiger charge is -2.09. The third-order valence-electron chi connectivity index (χ3n) is 3.58. The van der Waals surface area contributed by atoms with Crippen molar-refractivity contribution in [1.82, 2.24) is 4.57 Å². The van der Waals surface area contributed by atoms with Crippen LogP contribution >= 0.6 is 31.9 Å². The van der Waals surface area contributed by atoms with E-state index in [9.17, 15) is 9.90 Å². The molecule has 1 N–H and O–H groups in total. The zero-order valence-corrected chi connectivity index (χ0v) is 15.8. The minimum Gasteiger partial charge on any atom is -0.507 e. The summed E-state index contributed by atoms with van der Waals surface area (Å²) in [5, 5.41) is 11.3. The number of benzene rings is 1. The van der Waals surface area contributed by atoms with Gasteiger partial charge in [-0.1, -0.05) is 29.3 Å². The Labute approximate surface area is 146 Å². The summed E-state index contributed by atoms with van der Waals surface area (Å²) in [6.45, 7) is 5.07. The number of carbonyl (C=O) groups is 1. The van der Waals surface area contributed by atoms with Crippen LogP contribution in [0.15, 0.2) is 16.6 Å². The highest BCUT2D eigenvalue weighted by Crippen LogP contribution is 2.36. The van der Waals surface area contributed by atoms with E-state index in [4.69, 9.17) is 4.74 Å². The second-order valence-corrected chi connectivity index (χ2v) is 6.42. The highest BCUT2D eigenvalue weighted by molar-refractivity contribution is 9.10. The summed E-state index contributed by atoms with van der Waals surface area (Å²) in [4.78, 5) is 12.4. The van der Waals surface area contributed by atoms with Crippen molar-refractivity contribution in [3.05, 3.63) is 27.9 Å². The van der Waals surface area contributed by atoms with Crippen molar-refractivity contribution in [3.8, 4) is 5.75 Å². The lowest BCUT2D eigenvalue weighted by molar-refractivity contribution is 0.0527. The van der Waals surface area contributed by atoms with Gasteiger partial charge in [-0.25, -0.2) is 4.79 Å². The number of aromatic hydroxyl groups is 1. The molecule has 1 heterocycles. The Morgan fingerprint density at radius 2 is 2.09 bits per heavy atom. The first-order chi connectivity index (χ1) is 10.5. The van der Waals surface area contributed by atoms with Crippen LogP contribution in [0.25, 0.3) is 10.9 Å². The van der Waals surface area contributed by atoms with Crippen molar-refractivity contribution in [2.45, 2.75) is 38.6 Å². The molecule has 0 atom stereocenters. The van der Waals surface area contributed by atoms with Crippen LogP contribution in [0.5, 0.6) is 5.75 Å². The SMILES string of the molecule is CCCCn1c(CBr)c(C(=O)OCC)c2cc(O)c(Br)cc21. The van der Waals surface area contributed by atoms with Gasteiger partial charge in [0.15, 0.2) is 0 Å². The number of fused-ring (bicyclic) bond motifs is 1. The maximum absolute atomic E-state index is 12.4. The molecule has 0 aliphatic rings. The van der Waals surface area contributed by atoms with Crippen LogP contribution in [0.2, 0.25) is 0 Å². The fraction of sp³-hybridized carbons (Fsp3) is 0.438. The molecule has 4 nitrogen and oxygen atoms in total. The largest absolute Gasteiger partial charge is 0.507 e. The maximum atomic E-state index is 12.4. The zero-order valence-electron chi connectivity index (χ0n) is 12.7. The van der Waals surface area contributed by atoms with Gasteiger partial charge in [0.1, 0.15) is 5.75 Å². The standard InChI is InChI=1S/C16H19Br2NO3/c1-3-5-6-19-12-8-11(18)14(20)7-10(12)15(13(19)9-17)16(21)22-4-2/h7-8,20H,3-6,9H2,1-2H3. The predicted molar refractivity (Wildman–Crippen MR) is 94.8 cm³/mol. The summed E-state index contributed by atoms with van der Waals surface area (Å²) in [6.07, 6.45) is 2.08. The summed E-state index contributed by atoms with van der Waals surface area (Å²) >= 11 is 6.83. The number of rotatable bonds is 6. The number of halogens is 2. The number of hydrogen-bond acceptors (Lipinski definition) is 3.